The SMILES string of the molecule is CC(C(=O)O)=C(C)C(=O)N1CC(C)CC(C)C1C. The molecule has 4 heteroatoms. The van der Waals surface area contributed by atoms with E-state index in [0.29, 0.717) is 24.0 Å². The molecule has 1 heterocycles. The van der Waals surface area contributed by atoms with Crippen LogP contribution in [-0.4, -0.2) is 34.5 Å². The molecule has 1 amide bonds. The minimum atomic E-state index is -1.02. The predicted octanol–water partition coefficient (Wildman–Crippen LogP) is 2.30. The summed E-state index contributed by atoms with van der Waals surface area (Å²) < 4.78 is 0. The van der Waals surface area contributed by atoms with E-state index in [1.54, 1.807) is 6.92 Å². The number of carboxylic acids is 1. The second-order valence-corrected chi connectivity index (χ2v) is 5.57. The van der Waals surface area contributed by atoms with Crippen molar-refractivity contribution in [3.63, 3.8) is 0 Å². The number of piperidine rings is 1. The molecule has 1 aliphatic heterocycles. The van der Waals surface area contributed by atoms with Crippen molar-refractivity contribution in [2.75, 3.05) is 6.54 Å². The molecular weight excluding hydrogens is 230 g/mol. The van der Waals surface area contributed by atoms with Gasteiger partial charge in [0.25, 0.3) is 0 Å². The molecule has 3 atom stereocenters. The van der Waals surface area contributed by atoms with E-state index in [-0.39, 0.29) is 17.5 Å². The first-order valence-corrected chi connectivity index (χ1v) is 6.47. The number of aliphatic carboxylic acids is 1. The van der Waals surface area contributed by atoms with Gasteiger partial charge in [0.2, 0.25) is 5.91 Å². The third-order valence-corrected chi connectivity index (χ3v) is 4.06. The number of rotatable bonds is 2. The van der Waals surface area contributed by atoms with E-state index < -0.39 is 5.97 Å². The van der Waals surface area contributed by atoms with E-state index in [1.807, 2.05) is 11.8 Å². The number of carboxylic acid groups (broad SMARTS) is 1. The van der Waals surface area contributed by atoms with Gasteiger partial charge in [-0.15, -0.1) is 0 Å². The Morgan fingerprint density at radius 1 is 1.11 bits per heavy atom. The zero-order valence-corrected chi connectivity index (χ0v) is 11.9. The molecule has 0 aromatic rings. The summed E-state index contributed by atoms with van der Waals surface area (Å²) in [7, 11) is 0. The molecule has 0 aromatic heterocycles. The Hall–Kier alpha value is -1.32. The van der Waals surface area contributed by atoms with Crippen LogP contribution in [0.1, 0.15) is 41.0 Å². The number of carbonyl (C=O) groups excluding carboxylic acids is 1. The van der Waals surface area contributed by atoms with Crippen LogP contribution in [0.15, 0.2) is 11.1 Å². The number of amides is 1. The smallest absolute Gasteiger partial charge is 0.331 e. The van der Waals surface area contributed by atoms with Crippen LogP contribution in [0.25, 0.3) is 0 Å². The van der Waals surface area contributed by atoms with Gasteiger partial charge in [-0.1, -0.05) is 13.8 Å². The van der Waals surface area contributed by atoms with Crippen molar-refractivity contribution in [2.45, 2.75) is 47.1 Å². The standard InChI is InChI=1S/C14H23NO3/c1-8-6-9(2)12(5)15(7-8)13(16)10(3)11(4)14(17)18/h8-9,12H,6-7H2,1-5H3,(H,17,18). The normalized spacial score (nSPS) is 29.8. The second-order valence-electron chi connectivity index (χ2n) is 5.57. The van der Waals surface area contributed by atoms with Crippen LogP contribution in [0.5, 0.6) is 0 Å². The molecule has 1 rings (SSSR count). The highest BCUT2D eigenvalue weighted by molar-refractivity contribution is 6.01. The molecule has 0 aliphatic carbocycles. The topological polar surface area (TPSA) is 57.6 Å². The van der Waals surface area contributed by atoms with Crippen molar-refractivity contribution in [1.29, 1.82) is 0 Å². The number of hydrogen-bond donors (Lipinski definition) is 1. The fourth-order valence-electron chi connectivity index (χ4n) is 2.52. The summed E-state index contributed by atoms with van der Waals surface area (Å²) in [5.41, 5.74) is 0.480. The third kappa shape index (κ3) is 2.92. The monoisotopic (exact) mass is 253 g/mol. The minimum Gasteiger partial charge on any atom is -0.478 e. The molecule has 1 N–H and O–H groups in total. The minimum absolute atomic E-state index is 0.137. The maximum absolute atomic E-state index is 12.4. The molecule has 1 saturated heterocycles. The molecule has 3 unspecified atom stereocenters. The predicted molar refractivity (Wildman–Crippen MR) is 70.1 cm³/mol. The van der Waals surface area contributed by atoms with Crippen LogP contribution in [0.4, 0.5) is 0 Å². The van der Waals surface area contributed by atoms with Crippen LogP contribution in [0.2, 0.25) is 0 Å². The van der Waals surface area contributed by atoms with E-state index >= 15 is 0 Å². The van der Waals surface area contributed by atoms with Gasteiger partial charge in [0, 0.05) is 23.7 Å². The van der Waals surface area contributed by atoms with Gasteiger partial charge in [0.1, 0.15) is 0 Å². The van der Waals surface area contributed by atoms with Gasteiger partial charge in [-0.25, -0.2) is 4.79 Å². The number of likely N-dealkylation sites (tertiary alicyclic amines) is 1. The molecule has 1 fully saturated rings. The van der Waals surface area contributed by atoms with Crippen molar-refractivity contribution in [3.8, 4) is 0 Å². The van der Waals surface area contributed by atoms with Crippen LogP contribution < -0.4 is 0 Å². The van der Waals surface area contributed by atoms with Gasteiger partial charge < -0.3 is 10.0 Å². The highest BCUT2D eigenvalue weighted by atomic mass is 16.4. The van der Waals surface area contributed by atoms with Crippen LogP contribution >= 0.6 is 0 Å². The van der Waals surface area contributed by atoms with Gasteiger partial charge in [-0.3, -0.25) is 4.79 Å². The maximum Gasteiger partial charge on any atom is 0.331 e. The van der Waals surface area contributed by atoms with E-state index in [0.717, 1.165) is 6.42 Å². The molecule has 0 aromatic carbocycles. The molecule has 102 valence electrons. The van der Waals surface area contributed by atoms with Crippen molar-refractivity contribution in [1.82, 2.24) is 4.90 Å². The molecule has 4 nitrogen and oxygen atoms in total. The largest absolute Gasteiger partial charge is 0.478 e. The zero-order chi connectivity index (χ0) is 14.0. The Morgan fingerprint density at radius 2 is 1.67 bits per heavy atom. The van der Waals surface area contributed by atoms with Crippen LogP contribution in [0, 0.1) is 11.8 Å². The third-order valence-electron chi connectivity index (χ3n) is 4.06. The summed E-state index contributed by atoms with van der Waals surface area (Å²) in [5.74, 6) is -0.235. The summed E-state index contributed by atoms with van der Waals surface area (Å²) in [4.78, 5) is 25.1. The Morgan fingerprint density at radius 3 is 2.17 bits per heavy atom. The Bertz CT molecular complexity index is 387. The van der Waals surface area contributed by atoms with E-state index in [9.17, 15) is 9.59 Å². The lowest BCUT2D eigenvalue weighted by Gasteiger charge is -2.41. The molecule has 18 heavy (non-hydrogen) atoms. The van der Waals surface area contributed by atoms with Crippen molar-refractivity contribution in [3.05, 3.63) is 11.1 Å². The molecule has 0 radical (unpaired) electrons. The van der Waals surface area contributed by atoms with Crippen molar-refractivity contribution < 1.29 is 14.7 Å². The summed E-state index contributed by atoms with van der Waals surface area (Å²) in [5, 5.41) is 8.94. The Balaban J connectivity index is 2.96. The average molecular weight is 253 g/mol. The van der Waals surface area contributed by atoms with Gasteiger partial charge in [-0.05, 0) is 39.0 Å². The number of hydrogen-bond acceptors (Lipinski definition) is 2. The second kappa shape index (κ2) is 5.55. The quantitative estimate of drug-likeness (QED) is 0.768. The van der Waals surface area contributed by atoms with Gasteiger partial charge in [0.05, 0.1) is 0 Å². The maximum atomic E-state index is 12.4. The van der Waals surface area contributed by atoms with Crippen molar-refractivity contribution in [2.24, 2.45) is 11.8 Å². The van der Waals surface area contributed by atoms with E-state index in [4.69, 9.17) is 5.11 Å². The molecule has 0 bridgehead atoms. The first kappa shape index (κ1) is 14.7. The number of carbonyl (C=O) groups is 2. The number of nitrogens with zero attached hydrogens (tertiary/aromatic N) is 1. The first-order valence-electron chi connectivity index (χ1n) is 6.47. The zero-order valence-electron chi connectivity index (χ0n) is 11.9. The lowest BCUT2D eigenvalue weighted by atomic mass is 9.85. The highest BCUT2D eigenvalue weighted by Crippen LogP contribution is 2.28. The fraction of sp³-hybridized carbons (Fsp3) is 0.714. The van der Waals surface area contributed by atoms with Crippen LogP contribution in [0.3, 0.4) is 0 Å². The fourth-order valence-corrected chi connectivity index (χ4v) is 2.52. The summed E-state index contributed by atoms with van der Waals surface area (Å²) in [6, 6.07) is 0.172. The van der Waals surface area contributed by atoms with Gasteiger partial charge in [-0.2, -0.15) is 0 Å². The van der Waals surface area contributed by atoms with Gasteiger partial charge >= 0.3 is 5.97 Å². The van der Waals surface area contributed by atoms with Crippen molar-refractivity contribution >= 4 is 11.9 Å². The van der Waals surface area contributed by atoms with E-state index in [2.05, 4.69) is 13.8 Å². The summed E-state index contributed by atoms with van der Waals surface area (Å²) in [6.07, 6.45) is 1.12. The van der Waals surface area contributed by atoms with E-state index in [1.165, 1.54) is 6.92 Å². The molecule has 0 saturated carbocycles. The summed E-state index contributed by atoms with van der Waals surface area (Å²) in [6.45, 7) is 10.1. The lowest BCUT2D eigenvalue weighted by molar-refractivity contribution is -0.135. The Kier molecular flexibility index (Phi) is 4.54. The average Bonchev–Trinajstić information content (AvgIpc) is 2.30. The Labute approximate surface area is 109 Å². The highest BCUT2D eigenvalue weighted by Gasteiger charge is 2.33. The molecular formula is C14H23NO3. The first-order chi connectivity index (χ1) is 8.25. The summed E-state index contributed by atoms with van der Waals surface area (Å²) >= 11 is 0. The lowest BCUT2D eigenvalue weighted by Crippen LogP contribution is -2.49. The van der Waals surface area contributed by atoms with Gasteiger partial charge in [0.15, 0.2) is 0 Å². The molecule has 0 spiro atoms. The molecule has 1 aliphatic rings. The van der Waals surface area contributed by atoms with Crippen LogP contribution in [-0.2, 0) is 9.59 Å².